The van der Waals surface area contributed by atoms with Gasteiger partial charge in [0.1, 0.15) is 6.61 Å². The predicted octanol–water partition coefficient (Wildman–Crippen LogP) is 1.30. The van der Waals surface area contributed by atoms with Crippen molar-refractivity contribution in [3.05, 3.63) is 29.3 Å². The highest BCUT2D eigenvalue weighted by Crippen LogP contribution is 2.20. The first-order valence-electron chi connectivity index (χ1n) is 4.87. The lowest BCUT2D eigenvalue weighted by Crippen LogP contribution is -2.21. The lowest BCUT2D eigenvalue weighted by Gasteiger charge is -2.09. The van der Waals surface area contributed by atoms with Gasteiger partial charge in [-0.25, -0.2) is 8.42 Å². The number of halogens is 2. The lowest BCUT2D eigenvalue weighted by atomic mass is 10.1. The second-order valence-electron chi connectivity index (χ2n) is 3.42. The third-order valence-electron chi connectivity index (χ3n) is 1.96. The molecule has 98 valence electrons. The van der Waals surface area contributed by atoms with E-state index in [1.54, 1.807) is 17.7 Å². The number of hydrogen-bond donors (Lipinski definition) is 2. The van der Waals surface area contributed by atoms with Crippen LogP contribution in [-0.4, -0.2) is 25.9 Å². The summed E-state index contributed by atoms with van der Waals surface area (Å²) in [5.74, 6) is 1.29. The standard InChI is InChI=1S/C11H11F2NO3S/c1-8-4-5-9(3-2-6-15)10(7-8)14-18(16,17)11(12)13/h4-5,7,11,14-15H,6H2,1H3. The highest BCUT2D eigenvalue weighted by Gasteiger charge is 2.24. The van der Waals surface area contributed by atoms with E-state index in [4.69, 9.17) is 5.11 Å². The van der Waals surface area contributed by atoms with E-state index in [-0.39, 0.29) is 11.3 Å². The van der Waals surface area contributed by atoms with Gasteiger partial charge in [-0.1, -0.05) is 17.9 Å². The molecule has 0 bridgehead atoms. The SMILES string of the molecule is Cc1ccc(C#CCO)c(NS(=O)(=O)C(F)F)c1. The highest BCUT2D eigenvalue weighted by molar-refractivity contribution is 7.93. The van der Waals surface area contributed by atoms with Crippen LogP contribution in [0.2, 0.25) is 0 Å². The molecule has 7 heteroatoms. The number of benzene rings is 1. The van der Waals surface area contributed by atoms with Crippen LogP contribution in [0.1, 0.15) is 11.1 Å². The fraction of sp³-hybridized carbons (Fsp3) is 0.273. The van der Waals surface area contributed by atoms with Crippen LogP contribution in [0.15, 0.2) is 18.2 Å². The van der Waals surface area contributed by atoms with E-state index < -0.39 is 22.4 Å². The average Bonchev–Trinajstić information content (AvgIpc) is 2.27. The number of aryl methyl sites for hydroxylation is 1. The fourth-order valence-electron chi connectivity index (χ4n) is 1.18. The maximum atomic E-state index is 12.3. The Balaban J connectivity index is 3.18. The molecule has 2 N–H and O–H groups in total. The molecular formula is C11H11F2NO3S. The van der Waals surface area contributed by atoms with E-state index in [0.29, 0.717) is 5.56 Å². The average molecular weight is 275 g/mol. The summed E-state index contributed by atoms with van der Waals surface area (Å²) in [6.45, 7) is 1.28. The maximum Gasteiger partial charge on any atom is 0.355 e. The first kappa shape index (κ1) is 14.4. The van der Waals surface area contributed by atoms with Crippen LogP contribution >= 0.6 is 0 Å². The molecule has 1 aromatic carbocycles. The number of hydrogen-bond acceptors (Lipinski definition) is 3. The minimum Gasteiger partial charge on any atom is -0.384 e. The molecule has 0 fully saturated rings. The van der Waals surface area contributed by atoms with Crippen molar-refractivity contribution in [3.8, 4) is 11.8 Å². The molecule has 0 aliphatic rings. The van der Waals surface area contributed by atoms with Crippen LogP contribution in [0, 0.1) is 18.8 Å². The second kappa shape index (κ2) is 5.80. The van der Waals surface area contributed by atoms with Crippen LogP contribution in [0.3, 0.4) is 0 Å². The summed E-state index contributed by atoms with van der Waals surface area (Å²) in [6.07, 6.45) is 0. The molecule has 0 aliphatic heterocycles. The molecule has 0 saturated heterocycles. The van der Waals surface area contributed by atoms with E-state index in [1.165, 1.54) is 12.1 Å². The Morgan fingerprint density at radius 1 is 1.44 bits per heavy atom. The lowest BCUT2D eigenvalue weighted by molar-refractivity contribution is 0.236. The van der Waals surface area contributed by atoms with Gasteiger partial charge in [-0.2, -0.15) is 8.78 Å². The number of rotatable bonds is 3. The van der Waals surface area contributed by atoms with Gasteiger partial charge in [0.15, 0.2) is 0 Å². The first-order valence-corrected chi connectivity index (χ1v) is 6.41. The van der Waals surface area contributed by atoms with Crippen LogP contribution in [-0.2, 0) is 10.0 Å². The number of sulfonamides is 1. The Kier molecular flexibility index (Phi) is 4.64. The van der Waals surface area contributed by atoms with Crippen molar-refractivity contribution in [2.45, 2.75) is 12.7 Å². The first-order chi connectivity index (χ1) is 8.36. The molecule has 18 heavy (non-hydrogen) atoms. The van der Waals surface area contributed by atoms with Gasteiger partial charge in [0.2, 0.25) is 0 Å². The molecule has 4 nitrogen and oxygen atoms in total. The van der Waals surface area contributed by atoms with Crippen molar-refractivity contribution in [1.82, 2.24) is 0 Å². The van der Waals surface area contributed by atoms with Crippen molar-refractivity contribution in [2.75, 3.05) is 11.3 Å². The Morgan fingerprint density at radius 3 is 2.67 bits per heavy atom. The normalized spacial score (nSPS) is 10.9. The van der Waals surface area contributed by atoms with Gasteiger partial charge in [0, 0.05) is 5.56 Å². The largest absolute Gasteiger partial charge is 0.384 e. The van der Waals surface area contributed by atoms with Crippen molar-refractivity contribution >= 4 is 15.7 Å². The van der Waals surface area contributed by atoms with E-state index in [1.807, 2.05) is 0 Å². The topological polar surface area (TPSA) is 66.4 Å². The van der Waals surface area contributed by atoms with Gasteiger partial charge >= 0.3 is 5.76 Å². The monoisotopic (exact) mass is 275 g/mol. The molecule has 0 atom stereocenters. The maximum absolute atomic E-state index is 12.3. The predicted molar refractivity (Wildman–Crippen MR) is 63.7 cm³/mol. The number of aliphatic hydroxyl groups excluding tert-OH is 1. The number of alkyl halides is 2. The zero-order chi connectivity index (χ0) is 13.8. The summed E-state index contributed by atoms with van der Waals surface area (Å²) >= 11 is 0. The zero-order valence-corrected chi connectivity index (χ0v) is 10.3. The summed E-state index contributed by atoms with van der Waals surface area (Å²) < 4.78 is 48.4. The fourth-order valence-corrected chi connectivity index (χ4v) is 1.75. The summed E-state index contributed by atoms with van der Waals surface area (Å²) in [5.41, 5.74) is 0.881. The van der Waals surface area contributed by atoms with Gasteiger partial charge < -0.3 is 5.11 Å². The summed E-state index contributed by atoms with van der Waals surface area (Å²) in [6, 6.07) is 4.53. The molecular weight excluding hydrogens is 264 g/mol. The summed E-state index contributed by atoms with van der Waals surface area (Å²) in [7, 11) is -4.73. The minimum atomic E-state index is -4.73. The highest BCUT2D eigenvalue weighted by atomic mass is 32.2. The zero-order valence-electron chi connectivity index (χ0n) is 9.44. The summed E-state index contributed by atoms with van der Waals surface area (Å²) in [4.78, 5) is 0. The third kappa shape index (κ3) is 3.68. The second-order valence-corrected chi connectivity index (χ2v) is 5.07. The number of nitrogens with one attached hydrogen (secondary N) is 1. The van der Waals surface area contributed by atoms with E-state index >= 15 is 0 Å². The quantitative estimate of drug-likeness (QED) is 0.817. The van der Waals surface area contributed by atoms with E-state index in [0.717, 1.165) is 0 Å². The Labute approximate surface area is 104 Å². The molecule has 1 rings (SSSR count). The molecule has 0 aromatic heterocycles. The smallest absolute Gasteiger partial charge is 0.355 e. The molecule has 0 spiro atoms. The van der Waals surface area contributed by atoms with Gasteiger partial charge in [0.25, 0.3) is 10.0 Å². The van der Waals surface area contributed by atoms with Crippen LogP contribution in [0.25, 0.3) is 0 Å². The Hall–Kier alpha value is -1.65. The third-order valence-corrected chi connectivity index (χ3v) is 2.94. The van der Waals surface area contributed by atoms with Crippen molar-refractivity contribution in [3.63, 3.8) is 0 Å². The van der Waals surface area contributed by atoms with E-state index in [2.05, 4.69) is 11.8 Å². The van der Waals surface area contributed by atoms with Crippen molar-refractivity contribution in [2.24, 2.45) is 0 Å². The van der Waals surface area contributed by atoms with E-state index in [9.17, 15) is 17.2 Å². The summed E-state index contributed by atoms with van der Waals surface area (Å²) in [5, 5.41) is 8.56. The minimum absolute atomic E-state index is 0.0312. The number of anilines is 1. The molecule has 0 radical (unpaired) electrons. The van der Waals surface area contributed by atoms with Crippen LogP contribution < -0.4 is 4.72 Å². The molecule has 0 unspecified atom stereocenters. The van der Waals surface area contributed by atoms with Crippen molar-refractivity contribution < 1.29 is 22.3 Å². The van der Waals surface area contributed by atoms with Gasteiger partial charge in [0.05, 0.1) is 5.69 Å². The molecule has 0 aliphatic carbocycles. The molecule has 0 saturated carbocycles. The van der Waals surface area contributed by atoms with Crippen LogP contribution in [0.5, 0.6) is 0 Å². The van der Waals surface area contributed by atoms with Crippen LogP contribution in [0.4, 0.5) is 14.5 Å². The number of aliphatic hydroxyl groups is 1. The molecule has 0 amide bonds. The molecule has 0 heterocycles. The Bertz CT molecular complexity index is 588. The van der Waals surface area contributed by atoms with Crippen molar-refractivity contribution in [1.29, 1.82) is 0 Å². The van der Waals surface area contributed by atoms with Gasteiger partial charge in [-0.15, -0.1) is 0 Å². The Morgan fingerprint density at radius 2 is 2.11 bits per heavy atom. The van der Waals surface area contributed by atoms with Gasteiger partial charge in [-0.3, -0.25) is 4.72 Å². The van der Waals surface area contributed by atoms with Gasteiger partial charge in [-0.05, 0) is 24.6 Å². The molecule has 1 aromatic rings.